The number of aryl methyl sites for hydroxylation is 1. The van der Waals surface area contributed by atoms with Gasteiger partial charge in [0.2, 0.25) is 0 Å². The summed E-state index contributed by atoms with van der Waals surface area (Å²) in [5.74, 6) is 0.837. The molecule has 1 saturated heterocycles. The standard InChI is InChI=1S/C27H25IN2O4/c1-3-33-25-15-21(10-13-24(25)34-17-20-8-11-22(28)12-9-20)14-23-26(31)30(27(32)29-23)16-19-6-4-18(2)5-7-19/h4-15H,3,16-17H2,1-2H3,(H,29,32)/b23-14+. The van der Waals surface area contributed by atoms with Gasteiger partial charge in [0, 0.05) is 3.57 Å². The van der Waals surface area contributed by atoms with Crippen molar-refractivity contribution >= 4 is 40.6 Å². The average Bonchev–Trinajstić information content (AvgIpc) is 3.08. The Morgan fingerprint density at radius 3 is 2.32 bits per heavy atom. The number of halogens is 1. The quantitative estimate of drug-likeness (QED) is 0.216. The number of nitrogens with one attached hydrogen (secondary N) is 1. The summed E-state index contributed by atoms with van der Waals surface area (Å²) in [7, 11) is 0. The van der Waals surface area contributed by atoms with Crippen LogP contribution in [0.5, 0.6) is 11.5 Å². The van der Waals surface area contributed by atoms with Gasteiger partial charge in [-0.25, -0.2) is 4.79 Å². The van der Waals surface area contributed by atoms with Crippen LogP contribution in [0.25, 0.3) is 6.08 Å². The fraction of sp³-hybridized carbons (Fsp3) is 0.185. The zero-order valence-electron chi connectivity index (χ0n) is 19.0. The molecule has 1 heterocycles. The lowest BCUT2D eigenvalue weighted by molar-refractivity contribution is -0.123. The number of benzene rings is 3. The van der Waals surface area contributed by atoms with E-state index < -0.39 is 6.03 Å². The first-order valence-electron chi connectivity index (χ1n) is 11.0. The fourth-order valence-electron chi connectivity index (χ4n) is 3.50. The van der Waals surface area contributed by atoms with Crippen molar-refractivity contribution in [3.63, 3.8) is 0 Å². The third-order valence-electron chi connectivity index (χ3n) is 5.31. The van der Waals surface area contributed by atoms with Crippen LogP contribution in [0.15, 0.2) is 72.4 Å². The Morgan fingerprint density at radius 1 is 0.912 bits per heavy atom. The SMILES string of the molecule is CCOc1cc(/C=C2/NC(=O)N(Cc3ccc(C)cc3)C2=O)ccc1OCc1ccc(I)cc1. The maximum Gasteiger partial charge on any atom is 0.329 e. The highest BCUT2D eigenvalue weighted by molar-refractivity contribution is 14.1. The second kappa shape index (κ2) is 10.7. The fourth-order valence-corrected chi connectivity index (χ4v) is 3.86. The van der Waals surface area contributed by atoms with E-state index in [4.69, 9.17) is 9.47 Å². The van der Waals surface area contributed by atoms with Crippen LogP contribution >= 0.6 is 22.6 Å². The third-order valence-corrected chi connectivity index (χ3v) is 6.03. The van der Waals surface area contributed by atoms with E-state index >= 15 is 0 Å². The minimum atomic E-state index is -0.431. The van der Waals surface area contributed by atoms with Crippen molar-refractivity contribution < 1.29 is 19.1 Å². The first-order valence-corrected chi connectivity index (χ1v) is 12.0. The summed E-state index contributed by atoms with van der Waals surface area (Å²) >= 11 is 2.27. The number of amides is 3. The molecule has 174 valence electrons. The van der Waals surface area contributed by atoms with Crippen LogP contribution < -0.4 is 14.8 Å². The normalized spacial score (nSPS) is 14.4. The molecule has 34 heavy (non-hydrogen) atoms. The third kappa shape index (κ3) is 5.77. The predicted molar refractivity (Wildman–Crippen MR) is 139 cm³/mol. The minimum absolute atomic E-state index is 0.220. The lowest BCUT2D eigenvalue weighted by Gasteiger charge is -2.13. The topological polar surface area (TPSA) is 67.9 Å². The summed E-state index contributed by atoms with van der Waals surface area (Å²) in [6, 6.07) is 20.9. The number of nitrogens with zero attached hydrogens (tertiary/aromatic N) is 1. The van der Waals surface area contributed by atoms with E-state index in [1.807, 2.05) is 80.6 Å². The van der Waals surface area contributed by atoms with E-state index in [1.54, 1.807) is 6.08 Å². The van der Waals surface area contributed by atoms with Gasteiger partial charge in [0.1, 0.15) is 12.3 Å². The molecular formula is C27H25IN2O4. The molecule has 0 aliphatic carbocycles. The highest BCUT2D eigenvalue weighted by atomic mass is 127. The van der Waals surface area contributed by atoms with Crippen LogP contribution in [0.4, 0.5) is 4.79 Å². The summed E-state index contributed by atoms with van der Waals surface area (Å²) in [6.45, 7) is 5.00. The van der Waals surface area contributed by atoms with E-state index in [2.05, 4.69) is 27.9 Å². The molecule has 0 unspecified atom stereocenters. The van der Waals surface area contributed by atoms with E-state index in [-0.39, 0.29) is 18.1 Å². The van der Waals surface area contributed by atoms with Crippen LogP contribution in [0.2, 0.25) is 0 Å². The summed E-state index contributed by atoms with van der Waals surface area (Å²) in [6.07, 6.45) is 1.65. The molecule has 3 aromatic rings. The van der Waals surface area contributed by atoms with Crippen molar-refractivity contribution in [3.05, 3.63) is 98.3 Å². The zero-order valence-corrected chi connectivity index (χ0v) is 21.2. The van der Waals surface area contributed by atoms with E-state index in [0.29, 0.717) is 24.7 Å². The second-order valence-electron chi connectivity index (χ2n) is 7.92. The molecule has 0 saturated carbocycles. The van der Waals surface area contributed by atoms with Gasteiger partial charge in [0.05, 0.1) is 13.2 Å². The van der Waals surface area contributed by atoms with E-state index in [9.17, 15) is 9.59 Å². The molecule has 0 bridgehead atoms. The van der Waals surface area contributed by atoms with Crippen LogP contribution in [0.3, 0.4) is 0 Å². The van der Waals surface area contributed by atoms with Gasteiger partial charge in [0.15, 0.2) is 11.5 Å². The lowest BCUT2D eigenvalue weighted by atomic mass is 10.1. The zero-order chi connectivity index (χ0) is 24.1. The molecule has 1 N–H and O–H groups in total. The Labute approximate surface area is 212 Å². The largest absolute Gasteiger partial charge is 0.490 e. The Morgan fingerprint density at radius 2 is 1.62 bits per heavy atom. The predicted octanol–water partition coefficient (Wildman–Crippen LogP) is 5.67. The molecule has 0 spiro atoms. The smallest absolute Gasteiger partial charge is 0.329 e. The molecular weight excluding hydrogens is 543 g/mol. The van der Waals surface area contributed by atoms with Gasteiger partial charge < -0.3 is 14.8 Å². The van der Waals surface area contributed by atoms with Gasteiger partial charge in [-0.1, -0.05) is 48.0 Å². The highest BCUT2D eigenvalue weighted by Crippen LogP contribution is 2.30. The number of carbonyl (C=O) groups excluding carboxylic acids is 2. The first-order chi connectivity index (χ1) is 16.4. The average molecular weight is 568 g/mol. The van der Waals surface area contributed by atoms with Crippen LogP contribution in [-0.4, -0.2) is 23.4 Å². The van der Waals surface area contributed by atoms with Gasteiger partial charge >= 0.3 is 6.03 Å². The lowest BCUT2D eigenvalue weighted by Crippen LogP contribution is -2.30. The Balaban J connectivity index is 1.49. The van der Waals surface area contributed by atoms with Crippen molar-refractivity contribution in [2.24, 2.45) is 0 Å². The van der Waals surface area contributed by atoms with Crippen molar-refractivity contribution in [2.45, 2.75) is 27.0 Å². The van der Waals surface area contributed by atoms with Crippen molar-refractivity contribution in [1.29, 1.82) is 0 Å². The summed E-state index contributed by atoms with van der Waals surface area (Å²) in [4.78, 5) is 26.5. The molecule has 3 aromatic carbocycles. The summed E-state index contributed by atoms with van der Waals surface area (Å²) in [5.41, 5.74) is 4.03. The van der Waals surface area contributed by atoms with Crippen molar-refractivity contribution in [1.82, 2.24) is 10.2 Å². The summed E-state index contributed by atoms with van der Waals surface area (Å²) in [5, 5.41) is 2.68. The first kappa shape index (κ1) is 23.8. The number of urea groups is 1. The molecule has 6 nitrogen and oxygen atoms in total. The molecule has 0 aromatic heterocycles. The number of hydrogen-bond donors (Lipinski definition) is 1. The molecule has 7 heteroatoms. The maximum atomic E-state index is 12.9. The van der Waals surface area contributed by atoms with Crippen LogP contribution in [0.1, 0.15) is 29.2 Å². The molecule has 1 fully saturated rings. The highest BCUT2D eigenvalue weighted by Gasteiger charge is 2.33. The number of imide groups is 1. The number of hydrogen-bond acceptors (Lipinski definition) is 4. The van der Waals surface area contributed by atoms with Gasteiger partial charge in [-0.05, 0) is 83.5 Å². The van der Waals surface area contributed by atoms with Gasteiger partial charge in [-0.2, -0.15) is 0 Å². The molecule has 1 aliphatic heterocycles. The Hall–Kier alpha value is -3.33. The Bertz CT molecular complexity index is 1220. The molecule has 0 radical (unpaired) electrons. The second-order valence-corrected chi connectivity index (χ2v) is 9.17. The molecule has 3 amide bonds. The van der Waals surface area contributed by atoms with Crippen LogP contribution in [-0.2, 0) is 17.9 Å². The molecule has 4 rings (SSSR count). The van der Waals surface area contributed by atoms with Crippen LogP contribution in [0, 0.1) is 10.5 Å². The Kier molecular flexibility index (Phi) is 7.52. The van der Waals surface area contributed by atoms with Gasteiger partial charge in [-0.3, -0.25) is 9.69 Å². The monoisotopic (exact) mass is 568 g/mol. The number of carbonyl (C=O) groups is 2. The summed E-state index contributed by atoms with van der Waals surface area (Å²) < 4.78 is 12.9. The minimum Gasteiger partial charge on any atom is -0.490 e. The van der Waals surface area contributed by atoms with Crippen molar-refractivity contribution in [3.8, 4) is 11.5 Å². The van der Waals surface area contributed by atoms with E-state index in [1.165, 1.54) is 8.47 Å². The molecule has 0 atom stereocenters. The molecule has 1 aliphatic rings. The van der Waals surface area contributed by atoms with Crippen molar-refractivity contribution in [2.75, 3.05) is 6.61 Å². The number of ether oxygens (including phenoxy) is 2. The van der Waals surface area contributed by atoms with E-state index in [0.717, 1.165) is 22.3 Å². The maximum absolute atomic E-state index is 12.9. The van der Waals surface area contributed by atoms with Gasteiger partial charge in [-0.15, -0.1) is 0 Å². The van der Waals surface area contributed by atoms with Gasteiger partial charge in [0.25, 0.3) is 5.91 Å². The number of rotatable bonds is 8.